The molecular weight excluding hydrogens is 661 g/mol. The van der Waals surface area contributed by atoms with E-state index in [0.717, 1.165) is 0 Å². The topological polar surface area (TPSA) is 0 Å². The van der Waals surface area contributed by atoms with E-state index in [-0.39, 0.29) is 5.41 Å². The molecule has 0 saturated heterocycles. The monoisotopic (exact) mass is 698 g/mol. The first-order valence-electron chi connectivity index (χ1n) is 19.4. The maximum atomic E-state index is 2.43. The van der Waals surface area contributed by atoms with Crippen LogP contribution >= 0.6 is 0 Å². The van der Waals surface area contributed by atoms with Crippen LogP contribution in [-0.2, 0) is 5.41 Å². The lowest BCUT2D eigenvalue weighted by Gasteiger charge is -2.22. The minimum Gasteiger partial charge on any atom is -0.0616 e. The second kappa shape index (κ2) is 12.1. The van der Waals surface area contributed by atoms with Crippen molar-refractivity contribution in [1.29, 1.82) is 0 Å². The van der Waals surface area contributed by atoms with Gasteiger partial charge in [-0.25, -0.2) is 0 Å². The molecule has 0 saturated carbocycles. The third-order valence-corrected chi connectivity index (χ3v) is 12.2. The van der Waals surface area contributed by atoms with E-state index in [1.165, 1.54) is 110 Å². The van der Waals surface area contributed by atoms with Gasteiger partial charge in [0.05, 0.1) is 0 Å². The predicted octanol–water partition coefficient (Wildman–Crippen LogP) is 15.3. The van der Waals surface area contributed by atoms with Crippen LogP contribution in [0.4, 0.5) is 0 Å². The van der Waals surface area contributed by atoms with Crippen LogP contribution in [0.3, 0.4) is 0 Å². The summed E-state index contributed by atoms with van der Waals surface area (Å²) in [6.45, 7) is 4.76. The van der Waals surface area contributed by atoms with E-state index in [2.05, 4.69) is 208 Å². The van der Waals surface area contributed by atoms with Gasteiger partial charge in [-0.05, 0) is 128 Å². The summed E-state index contributed by atoms with van der Waals surface area (Å²) in [6.07, 6.45) is 0. The molecular formula is C55H38. The van der Waals surface area contributed by atoms with E-state index in [1.807, 2.05) is 0 Å². The highest BCUT2D eigenvalue weighted by Gasteiger charge is 2.37. The quantitative estimate of drug-likeness (QED) is 0.161. The standard InChI is InChI=1S/C55H38/c1-55(2)50-31-15-29-41(54(50)49-33-36-17-3-4-18-37(36)34-51(49)55)38-20-13-21-39(32-38)52-45-25-9-11-27-47(45)53(48-28-12-10-26-46(48)52)44-24-8-7-23-43(44)42-30-14-19-35-16-5-6-22-40(35)42/h3-34H,1-2H3. The minimum atomic E-state index is -0.0904. The molecule has 0 aromatic heterocycles. The maximum Gasteiger partial charge on any atom is 0.0159 e. The molecule has 0 fully saturated rings. The highest BCUT2D eigenvalue weighted by Crippen LogP contribution is 2.54. The molecule has 0 aliphatic heterocycles. The third-order valence-electron chi connectivity index (χ3n) is 12.2. The molecule has 0 unspecified atom stereocenters. The molecule has 0 nitrogen and oxygen atoms in total. The van der Waals surface area contributed by atoms with Crippen molar-refractivity contribution in [3.8, 4) is 55.6 Å². The van der Waals surface area contributed by atoms with Gasteiger partial charge in [0.25, 0.3) is 0 Å². The normalized spacial score (nSPS) is 13.1. The fourth-order valence-corrected chi connectivity index (χ4v) is 9.68. The van der Waals surface area contributed by atoms with E-state index in [4.69, 9.17) is 0 Å². The van der Waals surface area contributed by atoms with Crippen LogP contribution in [0.5, 0.6) is 0 Å². The van der Waals surface area contributed by atoms with E-state index in [1.54, 1.807) is 0 Å². The Kier molecular flexibility index (Phi) is 7.00. The van der Waals surface area contributed by atoms with Gasteiger partial charge in [0.2, 0.25) is 0 Å². The lowest BCUT2D eigenvalue weighted by atomic mass is 9.81. The Balaban J connectivity index is 1.14. The Morgan fingerprint density at radius 2 is 0.764 bits per heavy atom. The molecule has 0 spiro atoms. The van der Waals surface area contributed by atoms with Crippen LogP contribution in [0.25, 0.3) is 98.7 Å². The Morgan fingerprint density at radius 1 is 0.273 bits per heavy atom. The van der Waals surface area contributed by atoms with Crippen LogP contribution in [0.2, 0.25) is 0 Å². The molecule has 0 atom stereocenters. The van der Waals surface area contributed by atoms with Gasteiger partial charge in [-0.15, -0.1) is 0 Å². The second-order valence-corrected chi connectivity index (χ2v) is 15.6. The molecule has 11 rings (SSSR count). The molecule has 10 aromatic carbocycles. The third kappa shape index (κ3) is 4.78. The zero-order chi connectivity index (χ0) is 36.7. The summed E-state index contributed by atoms with van der Waals surface area (Å²) in [5, 5.41) is 10.2. The minimum absolute atomic E-state index is 0.0904. The van der Waals surface area contributed by atoms with Crippen LogP contribution < -0.4 is 0 Å². The molecule has 0 bridgehead atoms. The summed E-state index contributed by atoms with van der Waals surface area (Å²) >= 11 is 0. The van der Waals surface area contributed by atoms with Crippen LogP contribution in [0.15, 0.2) is 194 Å². The van der Waals surface area contributed by atoms with Crippen LogP contribution in [0.1, 0.15) is 25.0 Å². The molecule has 0 heterocycles. The molecule has 10 aromatic rings. The summed E-state index contributed by atoms with van der Waals surface area (Å²) < 4.78 is 0. The number of benzene rings is 10. The van der Waals surface area contributed by atoms with Crippen molar-refractivity contribution in [2.75, 3.05) is 0 Å². The Labute approximate surface area is 322 Å². The number of hydrogen-bond donors (Lipinski definition) is 0. The van der Waals surface area contributed by atoms with Gasteiger partial charge in [0, 0.05) is 5.41 Å². The molecule has 258 valence electrons. The van der Waals surface area contributed by atoms with Gasteiger partial charge in [-0.3, -0.25) is 0 Å². The van der Waals surface area contributed by atoms with Gasteiger partial charge in [-0.1, -0.05) is 190 Å². The van der Waals surface area contributed by atoms with Crippen molar-refractivity contribution in [1.82, 2.24) is 0 Å². The van der Waals surface area contributed by atoms with Gasteiger partial charge in [-0.2, -0.15) is 0 Å². The Morgan fingerprint density at radius 3 is 1.49 bits per heavy atom. The van der Waals surface area contributed by atoms with Crippen molar-refractivity contribution >= 4 is 43.1 Å². The van der Waals surface area contributed by atoms with Crippen molar-refractivity contribution in [3.63, 3.8) is 0 Å². The average Bonchev–Trinajstić information content (AvgIpc) is 3.46. The lowest BCUT2D eigenvalue weighted by Crippen LogP contribution is -2.14. The molecule has 1 aliphatic carbocycles. The number of hydrogen-bond acceptors (Lipinski definition) is 0. The average molecular weight is 699 g/mol. The fraction of sp³-hybridized carbons (Fsp3) is 0.0545. The van der Waals surface area contributed by atoms with E-state index in [9.17, 15) is 0 Å². The summed E-state index contributed by atoms with van der Waals surface area (Å²) in [5.41, 5.74) is 15.5. The van der Waals surface area contributed by atoms with E-state index >= 15 is 0 Å². The maximum absolute atomic E-state index is 2.43. The highest BCUT2D eigenvalue weighted by molar-refractivity contribution is 6.23. The Hall–Kier alpha value is -6.76. The van der Waals surface area contributed by atoms with Gasteiger partial charge in [0.1, 0.15) is 0 Å². The summed E-state index contributed by atoms with van der Waals surface area (Å²) in [4.78, 5) is 0. The van der Waals surface area contributed by atoms with Crippen LogP contribution in [-0.4, -0.2) is 0 Å². The fourth-order valence-electron chi connectivity index (χ4n) is 9.68. The van der Waals surface area contributed by atoms with Gasteiger partial charge in [0.15, 0.2) is 0 Å². The SMILES string of the molecule is CC1(C)c2cc3ccccc3cc2-c2c(-c3cccc(-c4c5ccccc5c(-c5ccccc5-c5cccc6ccccc56)c5ccccc45)c3)cccc21. The molecule has 0 amide bonds. The molecule has 1 aliphatic rings. The number of rotatable bonds is 4. The largest absolute Gasteiger partial charge is 0.0616 e. The summed E-state index contributed by atoms with van der Waals surface area (Å²) in [5.74, 6) is 0. The first kappa shape index (κ1) is 31.7. The van der Waals surface area contributed by atoms with E-state index in [0.29, 0.717) is 0 Å². The summed E-state index contributed by atoms with van der Waals surface area (Å²) in [7, 11) is 0. The van der Waals surface area contributed by atoms with Gasteiger partial charge >= 0.3 is 0 Å². The predicted molar refractivity (Wildman–Crippen MR) is 236 cm³/mol. The summed E-state index contributed by atoms with van der Waals surface area (Å²) in [6, 6.07) is 72.2. The molecule has 0 N–H and O–H groups in total. The van der Waals surface area contributed by atoms with Gasteiger partial charge < -0.3 is 0 Å². The van der Waals surface area contributed by atoms with Crippen molar-refractivity contribution in [3.05, 3.63) is 205 Å². The van der Waals surface area contributed by atoms with Crippen molar-refractivity contribution in [2.24, 2.45) is 0 Å². The molecule has 55 heavy (non-hydrogen) atoms. The molecule has 0 heteroatoms. The number of fused-ring (bicyclic) bond motifs is 7. The Bertz CT molecular complexity index is 3110. The zero-order valence-electron chi connectivity index (χ0n) is 31.0. The highest BCUT2D eigenvalue weighted by atomic mass is 14.4. The van der Waals surface area contributed by atoms with Crippen molar-refractivity contribution in [2.45, 2.75) is 19.3 Å². The smallest absolute Gasteiger partial charge is 0.0159 e. The second-order valence-electron chi connectivity index (χ2n) is 15.6. The lowest BCUT2D eigenvalue weighted by molar-refractivity contribution is 0.661. The zero-order valence-corrected chi connectivity index (χ0v) is 31.0. The van der Waals surface area contributed by atoms with Crippen LogP contribution in [0, 0.1) is 0 Å². The van der Waals surface area contributed by atoms with E-state index < -0.39 is 0 Å². The first-order valence-corrected chi connectivity index (χ1v) is 19.4. The van der Waals surface area contributed by atoms with Crippen molar-refractivity contribution < 1.29 is 0 Å². The first-order chi connectivity index (χ1) is 27.1. The molecule has 0 radical (unpaired) electrons.